The highest BCUT2D eigenvalue weighted by Crippen LogP contribution is 2.40. The molecule has 0 saturated heterocycles. The summed E-state index contributed by atoms with van der Waals surface area (Å²) in [5.74, 6) is 0. The van der Waals surface area contributed by atoms with E-state index in [4.69, 9.17) is 40.1 Å². The van der Waals surface area contributed by atoms with Gasteiger partial charge >= 0.3 is 0 Å². The molecule has 0 bridgehead atoms. The number of halogens is 3. The summed E-state index contributed by atoms with van der Waals surface area (Å²) < 4.78 is 0. The minimum Gasteiger partial charge on any atom is -0.357 e. The van der Waals surface area contributed by atoms with Crippen molar-refractivity contribution in [3.05, 3.63) is 57.2 Å². The molecule has 0 saturated carbocycles. The minimum atomic E-state index is 0.0151. The minimum absolute atomic E-state index is 0.0151. The molecule has 2 aromatic carbocycles. The highest BCUT2D eigenvalue weighted by molar-refractivity contribution is 6.37. The lowest BCUT2D eigenvalue weighted by Gasteiger charge is -2.15. The Bertz CT molecular complexity index is 956. The van der Waals surface area contributed by atoms with Gasteiger partial charge < -0.3 is 10.3 Å². The van der Waals surface area contributed by atoms with E-state index in [2.05, 4.69) is 23.3 Å². The van der Waals surface area contributed by atoms with Gasteiger partial charge in [0.1, 0.15) is 0 Å². The molecule has 0 spiro atoms. The smallest absolute Gasteiger partial charge is 0.0635 e. The monoisotopic (exact) mass is 391 g/mol. The van der Waals surface area contributed by atoms with E-state index in [0.717, 1.165) is 27.7 Å². The third kappa shape index (κ3) is 3.78. The van der Waals surface area contributed by atoms with Crippen molar-refractivity contribution in [3.8, 4) is 17.2 Å². The van der Waals surface area contributed by atoms with E-state index in [1.807, 2.05) is 30.3 Å². The fraction of sp³-hybridized carbons (Fsp3) is 0.211. The summed E-state index contributed by atoms with van der Waals surface area (Å²) in [6, 6.07) is 13.4. The Hall–Kier alpha value is -1.70. The predicted molar refractivity (Wildman–Crippen MR) is 105 cm³/mol. The van der Waals surface area contributed by atoms with Gasteiger partial charge in [0.15, 0.2) is 0 Å². The number of nitrogens with zero attached hydrogens (tertiary/aromatic N) is 1. The maximum absolute atomic E-state index is 8.75. The molecule has 1 atom stereocenters. The van der Waals surface area contributed by atoms with Gasteiger partial charge in [0.05, 0.1) is 6.07 Å². The molecule has 0 fully saturated rings. The molecule has 2 N–H and O–H groups in total. The molecular formula is C19H16Cl3N3. The van der Waals surface area contributed by atoms with Crippen LogP contribution in [0.3, 0.4) is 0 Å². The molecular weight excluding hydrogens is 377 g/mol. The highest BCUT2D eigenvalue weighted by Gasteiger charge is 2.20. The summed E-state index contributed by atoms with van der Waals surface area (Å²) in [6.45, 7) is 2.67. The molecule has 3 rings (SSSR count). The standard InChI is InChI=1S/C19H16Cl3N3/c1-11(24-8-2-7-23)19-18(14-5-3-12(20)9-16(14)22)15-6-4-13(21)10-17(15)25-19/h3-6,9-11,24-25H,2,8H2,1H3. The molecule has 128 valence electrons. The number of aromatic nitrogens is 1. The largest absolute Gasteiger partial charge is 0.357 e. The number of rotatable bonds is 5. The van der Waals surface area contributed by atoms with Crippen molar-refractivity contribution < 1.29 is 0 Å². The zero-order valence-corrected chi connectivity index (χ0v) is 15.8. The van der Waals surface area contributed by atoms with Gasteiger partial charge in [0.2, 0.25) is 0 Å². The van der Waals surface area contributed by atoms with E-state index < -0.39 is 0 Å². The second kappa shape index (κ2) is 7.68. The molecule has 3 nitrogen and oxygen atoms in total. The molecule has 6 heteroatoms. The fourth-order valence-corrected chi connectivity index (χ4v) is 3.62. The number of benzene rings is 2. The number of hydrogen-bond acceptors (Lipinski definition) is 2. The van der Waals surface area contributed by atoms with E-state index in [1.54, 1.807) is 6.07 Å². The molecule has 0 aliphatic rings. The van der Waals surface area contributed by atoms with Gasteiger partial charge in [0, 0.05) is 61.8 Å². The van der Waals surface area contributed by atoms with Crippen LogP contribution >= 0.6 is 34.8 Å². The van der Waals surface area contributed by atoms with Gasteiger partial charge in [-0.15, -0.1) is 0 Å². The lowest BCUT2D eigenvalue weighted by atomic mass is 9.99. The Morgan fingerprint density at radius 2 is 1.84 bits per heavy atom. The van der Waals surface area contributed by atoms with Crippen LogP contribution in [-0.4, -0.2) is 11.5 Å². The van der Waals surface area contributed by atoms with Crippen molar-refractivity contribution in [1.29, 1.82) is 5.26 Å². The van der Waals surface area contributed by atoms with Crippen molar-refractivity contribution in [2.75, 3.05) is 6.54 Å². The van der Waals surface area contributed by atoms with Gasteiger partial charge in [-0.05, 0) is 31.2 Å². The molecule has 3 aromatic rings. The van der Waals surface area contributed by atoms with E-state index in [-0.39, 0.29) is 6.04 Å². The van der Waals surface area contributed by atoms with Crippen LogP contribution in [0.4, 0.5) is 0 Å². The molecule has 0 radical (unpaired) electrons. The van der Waals surface area contributed by atoms with Gasteiger partial charge in [-0.2, -0.15) is 5.26 Å². The summed E-state index contributed by atoms with van der Waals surface area (Å²) in [5.41, 5.74) is 3.87. The molecule has 1 unspecified atom stereocenters. The van der Waals surface area contributed by atoms with Gasteiger partial charge in [-0.25, -0.2) is 0 Å². The average Bonchev–Trinajstić information content (AvgIpc) is 2.93. The first-order valence-electron chi connectivity index (χ1n) is 7.88. The quantitative estimate of drug-likeness (QED) is 0.496. The Labute approximate surface area is 161 Å². The Kier molecular flexibility index (Phi) is 5.56. The molecule has 1 heterocycles. The topological polar surface area (TPSA) is 51.6 Å². The van der Waals surface area contributed by atoms with Crippen molar-refractivity contribution in [1.82, 2.24) is 10.3 Å². The first-order valence-corrected chi connectivity index (χ1v) is 9.01. The first-order chi connectivity index (χ1) is 12.0. The third-order valence-electron chi connectivity index (χ3n) is 4.11. The van der Waals surface area contributed by atoms with E-state index >= 15 is 0 Å². The van der Waals surface area contributed by atoms with Gasteiger partial charge in [-0.1, -0.05) is 46.9 Å². The molecule has 0 aliphatic heterocycles. The Morgan fingerprint density at radius 1 is 1.12 bits per heavy atom. The number of nitriles is 1. The van der Waals surface area contributed by atoms with Crippen LogP contribution in [0.2, 0.25) is 15.1 Å². The lowest BCUT2D eigenvalue weighted by Crippen LogP contribution is -2.20. The second-order valence-corrected chi connectivity index (χ2v) is 7.09. The number of nitrogens with one attached hydrogen (secondary N) is 2. The summed E-state index contributed by atoms with van der Waals surface area (Å²) in [6.07, 6.45) is 0.452. The van der Waals surface area contributed by atoms with Crippen LogP contribution < -0.4 is 5.32 Å². The molecule has 1 aromatic heterocycles. The van der Waals surface area contributed by atoms with E-state index in [1.165, 1.54) is 0 Å². The number of H-pyrrole nitrogens is 1. The van der Waals surface area contributed by atoms with Crippen LogP contribution in [0.5, 0.6) is 0 Å². The number of hydrogen-bond donors (Lipinski definition) is 2. The van der Waals surface area contributed by atoms with Gasteiger partial charge in [-0.3, -0.25) is 0 Å². The summed E-state index contributed by atoms with van der Waals surface area (Å²) in [5, 5.41) is 15.0. The zero-order chi connectivity index (χ0) is 18.0. The highest BCUT2D eigenvalue weighted by atomic mass is 35.5. The lowest BCUT2D eigenvalue weighted by molar-refractivity contribution is 0.574. The molecule has 25 heavy (non-hydrogen) atoms. The normalized spacial score (nSPS) is 12.3. The van der Waals surface area contributed by atoms with Crippen LogP contribution in [-0.2, 0) is 0 Å². The number of fused-ring (bicyclic) bond motifs is 1. The second-order valence-electron chi connectivity index (χ2n) is 5.81. The Morgan fingerprint density at radius 3 is 2.56 bits per heavy atom. The third-order valence-corrected chi connectivity index (χ3v) is 4.89. The fourth-order valence-electron chi connectivity index (χ4n) is 2.94. The van der Waals surface area contributed by atoms with Crippen LogP contribution in [0.1, 0.15) is 25.1 Å². The molecule has 0 aliphatic carbocycles. The Balaban J connectivity index is 2.17. The number of aromatic amines is 1. The van der Waals surface area contributed by atoms with Crippen molar-refractivity contribution in [3.63, 3.8) is 0 Å². The summed E-state index contributed by atoms with van der Waals surface area (Å²) in [7, 11) is 0. The van der Waals surface area contributed by atoms with Crippen molar-refractivity contribution in [2.24, 2.45) is 0 Å². The molecule has 0 amide bonds. The van der Waals surface area contributed by atoms with Crippen LogP contribution in [0.25, 0.3) is 22.0 Å². The average molecular weight is 393 g/mol. The summed E-state index contributed by atoms with van der Waals surface area (Å²) >= 11 is 18.7. The van der Waals surface area contributed by atoms with E-state index in [9.17, 15) is 0 Å². The van der Waals surface area contributed by atoms with Crippen LogP contribution in [0.15, 0.2) is 36.4 Å². The van der Waals surface area contributed by atoms with Gasteiger partial charge in [0.25, 0.3) is 0 Å². The SMILES string of the molecule is CC(NCCC#N)c1[nH]c2cc(Cl)ccc2c1-c1ccc(Cl)cc1Cl. The maximum Gasteiger partial charge on any atom is 0.0635 e. The maximum atomic E-state index is 8.75. The zero-order valence-electron chi connectivity index (χ0n) is 13.5. The van der Waals surface area contributed by atoms with E-state index in [0.29, 0.717) is 28.0 Å². The van der Waals surface area contributed by atoms with Crippen LogP contribution in [0, 0.1) is 11.3 Å². The predicted octanol–water partition coefficient (Wildman–Crippen LogP) is 6.36. The first kappa shape index (κ1) is 18.1. The summed E-state index contributed by atoms with van der Waals surface area (Å²) in [4.78, 5) is 3.45. The van der Waals surface area contributed by atoms with Crippen molar-refractivity contribution >= 4 is 45.7 Å². The van der Waals surface area contributed by atoms with Crippen molar-refractivity contribution in [2.45, 2.75) is 19.4 Å².